The van der Waals surface area contributed by atoms with E-state index in [0.29, 0.717) is 19.4 Å². The summed E-state index contributed by atoms with van der Waals surface area (Å²) in [5.74, 6) is 0. The second-order valence-electron chi connectivity index (χ2n) is 4.32. The summed E-state index contributed by atoms with van der Waals surface area (Å²) < 4.78 is 36.4. The molecule has 0 radical (unpaired) electrons. The average molecular weight is 274 g/mol. The van der Waals surface area contributed by atoms with E-state index in [1.54, 1.807) is 13.2 Å². The van der Waals surface area contributed by atoms with E-state index in [1.165, 1.54) is 16.6 Å². The Morgan fingerprint density at radius 3 is 2.94 bits per heavy atom. The molecule has 1 aromatic heterocycles. The van der Waals surface area contributed by atoms with Gasteiger partial charge in [0.25, 0.3) is 10.0 Å². The highest BCUT2D eigenvalue weighted by molar-refractivity contribution is 7.89. The summed E-state index contributed by atoms with van der Waals surface area (Å²) in [5, 5.41) is -0.0307. The first kappa shape index (κ1) is 13.5. The molecule has 6 nitrogen and oxygen atoms in total. The molecule has 1 aliphatic heterocycles. The highest BCUT2D eigenvalue weighted by Crippen LogP contribution is 2.26. The number of sulfonamides is 1. The maximum absolute atomic E-state index is 12.3. The summed E-state index contributed by atoms with van der Waals surface area (Å²) in [6.45, 7) is 0.684. The van der Waals surface area contributed by atoms with E-state index in [1.807, 2.05) is 0 Å². The van der Waals surface area contributed by atoms with Crippen LogP contribution in [0.3, 0.4) is 0 Å². The molecule has 2 rings (SSSR count). The van der Waals surface area contributed by atoms with Crippen molar-refractivity contribution in [1.29, 1.82) is 0 Å². The van der Waals surface area contributed by atoms with Gasteiger partial charge in [0, 0.05) is 26.2 Å². The third kappa shape index (κ3) is 2.44. The monoisotopic (exact) mass is 274 g/mol. The van der Waals surface area contributed by atoms with Gasteiger partial charge in [-0.3, -0.25) is 0 Å². The molecule has 1 saturated heterocycles. The Morgan fingerprint density at radius 1 is 1.61 bits per heavy atom. The molecular formula is C11H18N2O4S. The maximum atomic E-state index is 12.3. The minimum atomic E-state index is -3.58. The van der Waals surface area contributed by atoms with Crippen molar-refractivity contribution in [3.05, 3.63) is 18.4 Å². The van der Waals surface area contributed by atoms with Crippen molar-refractivity contribution in [2.75, 3.05) is 20.2 Å². The fraction of sp³-hybridized carbons (Fsp3) is 0.636. The Morgan fingerprint density at radius 2 is 2.39 bits per heavy atom. The van der Waals surface area contributed by atoms with Crippen molar-refractivity contribution in [3.63, 3.8) is 0 Å². The van der Waals surface area contributed by atoms with Gasteiger partial charge in [0.15, 0.2) is 0 Å². The van der Waals surface area contributed by atoms with E-state index >= 15 is 0 Å². The first-order valence-corrected chi connectivity index (χ1v) is 7.31. The van der Waals surface area contributed by atoms with E-state index in [2.05, 4.69) is 0 Å². The summed E-state index contributed by atoms with van der Waals surface area (Å²) in [7, 11) is -1.95. The van der Waals surface area contributed by atoms with E-state index < -0.39 is 10.0 Å². The standard InChI is InChI=1S/C11H18N2O4S/c1-16-10-4-5-13(9(7-10)8-12)18(14,15)11-3-2-6-17-11/h2-3,6,9-10H,4-5,7-8,12H2,1H3. The summed E-state index contributed by atoms with van der Waals surface area (Å²) >= 11 is 0. The lowest BCUT2D eigenvalue weighted by atomic mass is 10.0. The fourth-order valence-corrected chi connectivity index (χ4v) is 3.83. The van der Waals surface area contributed by atoms with Crippen LogP contribution < -0.4 is 5.73 Å². The molecule has 2 heterocycles. The van der Waals surface area contributed by atoms with Crippen LogP contribution in [-0.4, -0.2) is 45.1 Å². The van der Waals surface area contributed by atoms with Crippen molar-refractivity contribution >= 4 is 10.0 Å². The van der Waals surface area contributed by atoms with Crippen LogP contribution in [0.5, 0.6) is 0 Å². The molecule has 0 aliphatic carbocycles. The van der Waals surface area contributed by atoms with Crippen molar-refractivity contribution in [2.45, 2.75) is 30.1 Å². The molecule has 0 amide bonds. The molecule has 0 bridgehead atoms. The molecule has 7 heteroatoms. The van der Waals surface area contributed by atoms with E-state index in [0.717, 1.165) is 0 Å². The lowest BCUT2D eigenvalue weighted by Crippen LogP contribution is -2.50. The third-order valence-electron chi connectivity index (χ3n) is 3.28. The number of piperidine rings is 1. The molecule has 1 fully saturated rings. The Balaban J connectivity index is 2.22. The Bertz CT molecular complexity index is 471. The predicted molar refractivity (Wildman–Crippen MR) is 65.5 cm³/mol. The van der Waals surface area contributed by atoms with Gasteiger partial charge in [0.2, 0.25) is 5.09 Å². The van der Waals surface area contributed by atoms with Crippen LogP contribution >= 0.6 is 0 Å². The lowest BCUT2D eigenvalue weighted by Gasteiger charge is -2.36. The van der Waals surface area contributed by atoms with Gasteiger partial charge in [0.05, 0.1) is 12.4 Å². The van der Waals surface area contributed by atoms with Gasteiger partial charge in [-0.25, -0.2) is 8.42 Å². The van der Waals surface area contributed by atoms with Gasteiger partial charge >= 0.3 is 0 Å². The number of ether oxygens (including phenoxy) is 1. The second-order valence-corrected chi connectivity index (χ2v) is 6.14. The van der Waals surface area contributed by atoms with E-state index in [9.17, 15) is 8.42 Å². The lowest BCUT2D eigenvalue weighted by molar-refractivity contribution is 0.0398. The summed E-state index contributed by atoms with van der Waals surface area (Å²) in [6.07, 6.45) is 2.72. The van der Waals surface area contributed by atoms with Crippen LogP contribution in [0.1, 0.15) is 12.8 Å². The van der Waals surface area contributed by atoms with Crippen molar-refractivity contribution in [2.24, 2.45) is 5.73 Å². The van der Waals surface area contributed by atoms with Gasteiger partial charge in [-0.2, -0.15) is 4.31 Å². The summed E-state index contributed by atoms with van der Waals surface area (Å²) in [5.41, 5.74) is 5.67. The molecule has 1 aromatic rings. The number of methoxy groups -OCH3 is 1. The first-order chi connectivity index (χ1) is 8.59. The number of nitrogens with zero attached hydrogens (tertiary/aromatic N) is 1. The summed E-state index contributed by atoms with van der Waals surface area (Å²) in [6, 6.07) is 2.77. The third-order valence-corrected chi connectivity index (χ3v) is 5.12. The van der Waals surface area contributed by atoms with Crippen LogP contribution in [0.4, 0.5) is 0 Å². The zero-order chi connectivity index (χ0) is 13.2. The molecule has 1 aliphatic rings. The first-order valence-electron chi connectivity index (χ1n) is 5.87. The van der Waals surface area contributed by atoms with E-state index in [4.69, 9.17) is 14.9 Å². The highest BCUT2D eigenvalue weighted by atomic mass is 32.2. The van der Waals surface area contributed by atoms with Crippen LogP contribution in [0.15, 0.2) is 27.9 Å². The van der Waals surface area contributed by atoms with Crippen LogP contribution in [0.25, 0.3) is 0 Å². The smallest absolute Gasteiger partial charge is 0.276 e. The molecule has 0 saturated carbocycles. The van der Waals surface area contributed by atoms with Crippen molar-refractivity contribution in [1.82, 2.24) is 4.31 Å². The predicted octanol–water partition coefficient (Wildman–Crippen LogP) is 0.406. The second kappa shape index (κ2) is 5.40. The number of rotatable bonds is 4. The van der Waals surface area contributed by atoms with Crippen molar-refractivity contribution in [3.8, 4) is 0 Å². The van der Waals surface area contributed by atoms with E-state index in [-0.39, 0.29) is 23.8 Å². The largest absolute Gasteiger partial charge is 0.452 e. The Labute approximate surface area is 107 Å². The Kier molecular flexibility index (Phi) is 4.06. The molecule has 2 unspecified atom stereocenters. The fourth-order valence-electron chi connectivity index (χ4n) is 2.26. The average Bonchev–Trinajstić information content (AvgIpc) is 2.92. The van der Waals surface area contributed by atoms with Gasteiger partial charge in [-0.05, 0) is 25.0 Å². The number of nitrogens with two attached hydrogens (primary N) is 1. The molecule has 18 heavy (non-hydrogen) atoms. The van der Waals surface area contributed by atoms with Gasteiger partial charge in [0.1, 0.15) is 0 Å². The highest BCUT2D eigenvalue weighted by Gasteiger charge is 2.37. The number of furan rings is 1. The molecule has 2 atom stereocenters. The maximum Gasteiger partial charge on any atom is 0.276 e. The number of hydrogen-bond donors (Lipinski definition) is 1. The number of hydrogen-bond acceptors (Lipinski definition) is 5. The van der Waals surface area contributed by atoms with Gasteiger partial charge in [-0.1, -0.05) is 0 Å². The normalized spacial score (nSPS) is 26.3. The SMILES string of the molecule is COC1CCN(S(=O)(=O)c2ccco2)C(CN)C1. The molecule has 0 aromatic carbocycles. The van der Waals surface area contributed by atoms with Crippen LogP contribution in [-0.2, 0) is 14.8 Å². The van der Waals surface area contributed by atoms with Gasteiger partial charge in [-0.15, -0.1) is 0 Å². The zero-order valence-electron chi connectivity index (χ0n) is 10.3. The molecular weight excluding hydrogens is 256 g/mol. The zero-order valence-corrected chi connectivity index (χ0v) is 11.1. The molecule has 2 N–H and O–H groups in total. The minimum absolute atomic E-state index is 0.0307. The van der Waals surface area contributed by atoms with Crippen molar-refractivity contribution < 1.29 is 17.6 Å². The van der Waals surface area contributed by atoms with Crippen LogP contribution in [0.2, 0.25) is 0 Å². The summed E-state index contributed by atoms with van der Waals surface area (Å²) in [4.78, 5) is 0. The topological polar surface area (TPSA) is 85.8 Å². The minimum Gasteiger partial charge on any atom is -0.452 e. The van der Waals surface area contributed by atoms with Crippen LogP contribution in [0, 0.1) is 0 Å². The Hall–Kier alpha value is -0.890. The molecule has 102 valence electrons. The van der Waals surface area contributed by atoms with Gasteiger partial charge < -0.3 is 14.9 Å². The quantitative estimate of drug-likeness (QED) is 0.859. The molecule has 0 spiro atoms.